The Bertz CT molecular complexity index is 668. The standard InChI is InChI=1S/C19H26N2O5/c1-12-9-10-14(11-16(12)25-3)18(23)26-13(2)17(22)21-19(24)20-15-7-5-4-6-8-15/h9-11,13,15H,4-8H2,1-3H3,(H2,20,21,22,24)/t13-/m0/s1. The minimum atomic E-state index is -1.09. The summed E-state index contributed by atoms with van der Waals surface area (Å²) in [5.41, 5.74) is 1.16. The molecule has 1 aromatic rings. The van der Waals surface area contributed by atoms with Crippen LogP contribution in [0.1, 0.15) is 54.9 Å². The highest BCUT2D eigenvalue weighted by Gasteiger charge is 2.23. The Kier molecular flexibility index (Phi) is 7.00. The minimum Gasteiger partial charge on any atom is -0.496 e. The summed E-state index contributed by atoms with van der Waals surface area (Å²) >= 11 is 0. The molecule has 0 saturated heterocycles. The summed E-state index contributed by atoms with van der Waals surface area (Å²) in [4.78, 5) is 36.2. The van der Waals surface area contributed by atoms with E-state index >= 15 is 0 Å². The number of benzene rings is 1. The highest BCUT2D eigenvalue weighted by Crippen LogP contribution is 2.20. The number of carbonyl (C=O) groups is 3. The van der Waals surface area contributed by atoms with Gasteiger partial charge in [0, 0.05) is 6.04 Å². The average Bonchev–Trinajstić information content (AvgIpc) is 2.62. The zero-order valence-corrected chi connectivity index (χ0v) is 15.5. The first-order valence-electron chi connectivity index (χ1n) is 8.87. The summed E-state index contributed by atoms with van der Waals surface area (Å²) in [6, 6.07) is 4.42. The van der Waals surface area contributed by atoms with E-state index in [2.05, 4.69) is 10.6 Å². The third-order valence-electron chi connectivity index (χ3n) is 4.47. The smallest absolute Gasteiger partial charge is 0.339 e. The number of nitrogens with one attached hydrogen (secondary N) is 2. The largest absolute Gasteiger partial charge is 0.496 e. The fraction of sp³-hybridized carbons (Fsp3) is 0.526. The van der Waals surface area contributed by atoms with Crippen molar-refractivity contribution in [2.75, 3.05) is 7.11 Å². The third-order valence-corrected chi connectivity index (χ3v) is 4.47. The second-order valence-electron chi connectivity index (χ2n) is 6.53. The van der Waals surface area contributed by atoms with Crippen LogP contribution >= 0.6 is 0 Å². The Morgan fingerprint density at radius 2 is 1.85 bits per heavy atom. The van der Waals surface area contributed by atoms with E-state index in [-0.39, 0.29) is 11.6 Å². The van der Waals surface area contributed by atoms with Gasteiger partial charge in [0.1, 0.15) is 5.75 Å². The Morgan fingerprint density at radius 3 is 2.50 bits per heavy atom. The van der Waals surface area contributed by atoms with Gasteiger partial charge in [-0.15, -0.1) is 0 Å². The molecular weight excluding hydrogens is 336 g/mol. The van der Waals surface area contributed by atoms with Crippen molar-refractivity contribution in [1.29, 1.82) is 0 Å². The van der Waals surface area contributed by atoms with Crippen LogP contribution in [0.15, 0.2) is 18.2 Å². The molecule has 26 heavy (non-hydrogen) atoms. The third kappa shape index (κ3) is 5.47. The summed E-state index contributed by atoms with van der Waals surface area (Å²) in [7, 11) is 1.51. The van der Waals surface area contributed by atoms with E-state index in [0.717, 1.165) is 31.2 Å². The molecule has 7 heteroatoms. The summed E-state index contributed by atoms with van der Waals surface area (Å²) in [5, 5.41) is 5.01. The van der Waals surface area contributed by atoms with Crippen molar-refractivity contribution in [2.24, 2.45) is 0 Å². The molecule has 2 N–H and O–H groups in total. The molecule has 1 aromatic carbocycles. The molecule has 2 rings (SSSR count). The number of hydrogen-bond donors (Lipinski definition) is 2. The van der Waals surface area contributed by atoms with Crippen LogP contribution < -0.4 is 15.4 Å². The number of methoxy groups -OCH3 is 1. The molecule has 0 radical (unpaired) electrons. The van der Waals surface area contributed by atoms with Crippen LogP contribution in [0.5, 0.6) is 5.75 Å². The van der Waals surface area contributed by atoms with E-state index in [0.29, 0.717) is 5.75 Å². The molecular formula is C19H26N2O5. The van der Waals surface area contributed by atoms with Crippen molar-refractivity contribution < 1.29 is 23.9 Å². The average molecular weight is 362 g/mol. The van der Waals surface area contributed by atoms with Gasteiger partial charge in [-0.3, -0.25) is 10.1 Å². The maximum atomic E-state index is 12.2. The van der Waals surface area contributed by atoms with Crippen LogP contribution in [0.2, 0.25) is 0 Å². The molecule has 0 aromatic heterocycles. The second-order valence-corrected chi connectivity index (χ2v) is 6.53. The van der Waals surface area contributed by atoms with E-state index in [1.54, 1.807) is 18.2 Å². The SMILES string of the molecule is COc1cc(C(=O)O[C@@H](C)C(=O)NC(=O)NC2CCCCC2)ccc1C. The van der Waals surface area contributed by atoms with Gasteiger partial charge in [-0.25, -0.2) is 9.59 Å². The van der Waals surface area contributed by atoms with Crippen molar-refractivity contribution in [2.45, 2.75) is 58.1 Å². The van der Waals surface area contributed by atoms with E-state index in [4.69, 9.17) is 9.47 Å². The number of amides is 3. The molecule has 0 bridgehead atoms. The molecule has 1 aliphatic rings. The lowest BCUT2D eigenvalue weighted by Gasteiger charge is -2.23. The molecule has 7 nitrogen and oxygen atoms in total. The van der Waals surface area contributed by atoms with Gasteiger partial charge in [-0.05, 0) is 44.4 Å². The lowest BCUT2D eigenvalue weighted by molar-refractivity contribution is -0.127. The first kappa shape index (κ1) is 19.8. The second kappa shape index (κ2) is 9.22. The number of urea groups is 1. The molecule has 0 unspecified atom stereocenters. The highest BCUT2D eigenvalue weighted by molar-refractivity contribution is 5.98. The van der Waals surface area contributed by atoms with Gasteiger partial charge in [-0.1, -0.05) is 25.3 Å². The summed E-state index contributed by atoms with van der Waals surface area (Å²) in [6.45, 7) is 3.28. The molecule has 1 aliphatic carbocycles. The lowest BCUT2D eigenvalue weighted by atomic mass is 9.96. The van der Waals surface area contributed by atoms with Crippen molar-refractivity contribution in [3.05, 3.63) is 29.3 Å². The zero-order chi connectivity index (χ0) is 19.1. The predicted octanol–water partition coefficient (Wildman–Crippen LogP) is 2.71. The first-order valence-corrected chi connectivity index (χ1v) is 8.87. The number of hydrogen-bond acceptors (Lipinski definition) is 5. The molecule has 1 atom stereocenters. The summed E-state index contributed by atoms with van der Waals surface area (Å²) in [5.74, 6) is -0.757. The van der Waals surface area contributed by atoms with Gasteiger partial charge < -0.3 is 14.8 Å². The molecule has 1 fully saturated rings. The van der Waals surface area contributed by atoms with Gasteiger partial charge in [0.15, 0.2) is 6.10 Å². The fourth-order valence-electron chi connectivity index (χ4n) is 2.91. The van der Waals surface area contributed by atoms with Crippen LogP contribution in [0.4, 0.5) is 4.79 Å². The fourth-order valence-corrected chi connectivity index (χ4v) is 2.91. The molecule has 0 spiro atoms. The van der Waals surface area contributed by atoms with Gasteiger partial charge in [0.25, 0.3) is 5.91 Å². The lowest BCUT2D eigenvalue weighted by Crippen LogP contribution is -2.48. The van der Waals surface area contributed by atoms with Gasteiger partial charge in [-0.2, -0.15) is 0 Å². The normalized spacial score (nSPS) is 15.7. The van der Waals surface area contributed by atoms with Crippen LogP contribution in [0.25, 0.3) is 0 Å². The van der Waals surface area contributed by atoms with Gasteiger partial charge in [0.05, 0.1) is 12.7 Å². The number of ether oxygens (including phenoxy) is 2. The first-order chi connectivity index (χ1) is 12.4. The maximum Gasteiger partial charge on any atom is 0.339 e. The topological polar surface area (TPSA) is 93.7 Å². The minimum absolute atomic E-state index is 0.0921. The predicted molar refractivity (Wildman–Crippen MR) is 96.2 cm³/mol. The van der Waals surface area contributed by atoms with Crippen LogP contribution in [0.3, 0.4) is 0 Å². The number of rotatable bonds is 5. The quantitative estimate of drug-likeness (QED) is 0.786. The van der Waals surface area contributed by atoms with Crippen molar-refractivity contribution in [3.8, 4) is 5.75 Å². The zero-order valence-electron chi connectivity index (χ0n) is 15.5. The molecule has 142 valence electrons. The summed E-state index contributed by atoms with van der Waals surface area (Å²) in [6.07, 6.45) is 4.07. The van der Waals surface area contributed by atoms with E-state index in [1.807, 2.05) is 6.92 Å². The van der Waals surface area contributed by atoms with Crippen molar-refractivity contribution in [3.63, 3.8) is 0 Å². The van der Waals surface area contributed by atoms with Crippen LogP contribution in [0, 0.1) is 6.92 Å². The van der Waals surface area contributed by atoms with E-state index in [1.165, 1.54) is 20.5 Å². The van der Waals surface area contributed by atoms with Crippen molar-refractivity contribution in [1.82, 2.24) is 10.6 Å². The molecule has 0 heterocycles. The van der Waals surface area contributed by atoms with Gasteiger partial charge >= 0.3 is 12.0 Å². The Hall–Kier alpha value is -2.57. The Morgan fingerprint density at radius 1 is 1.15 bits per heavy atom. The van der Waals surface area contributed by atoms with Crippen LogP contribution in [-0.4, -0.2) is 37.2 Å². The number of aryl methyl sites for hydroxylation is 1. The highest BCUT2D eigenvalue weighted by atomic mass is 16.5. The maximum absolute atomic E-state index is 12.2. The van der Waals surface area contributed by atoms with Crippen molar-refractivity contribution >= 4 is 17.9 Å². The van der Waals surface area contributed by atoms with Crippen LogP contribution in [-0.2, 0) is 9.53 Å². The Labute approximate surface area is 153 Å². The van der Waals surface area contributed by atoms with Gasteiger partial charge in [0.2, 0.25) is 0 Å². The van der Waals surface area contributed by atoms with E-state index in [9.17, 15) is 14.4 Å². The summed E-state index contributed by atoms with van der Waals surface area (Å²) < 4.78 is 10.3. The Balaban J connectivity index is 1.85. The number of esters is 1. The number of imide groups is 1. The van der Waals surface area contributed by atoms with E-state index < -0.39 is 24.0 Å². The molecule has 0 aliphatic heterocycles. The monoisotopic (exact) mass is 362 g/mol. The molecule has 3 amide bonds. The molecule has 1 saturated carbocycles. The number of carbonyl (C=O) groups excluding carboxylic acids is 3.